The van der Waals surface area contributed by atoms with Gasteiger partial charge in [0.15, 0.2) is 23.4 Å². The van der Waals surface area contributed by atoms with Crippen LogP contribution in [0.25, 0.3) is 21.9 Å². The molecule has 0 spiro atoms. The Labute approximate surface area is 197 Å². The first-order chi connectivity index (χ1) is 16.9. The van der Waals surface area contributed by atoms with Gasteiger partial charge < -0.3 is 18.8 Å². The Kier molecular flexibility index (Phi) is 4.98. The van der Waals surface area contributed by atoms with Gasteiger partial charge in [0.1, 0.15) is 12.4 Å². The maximum Gasteiger partial charge on any atom is 0.573 e. The molecular formula is C26H18F3N3O3. The van der Waals surface area contributed by atoms with Crippen molar-refractivity contribution < 1.29 is 27.4 Å². The molecule has 3 aromatic carbocycles. The predicted molar refractivity (Wildman–Crippen MR) is 123 cm³/mol. The summed E-state index contributed by atoms with van der Waals surface area (Å²) in [6, 6.07) is 20.9. The fraction of sp³-hybridized carbons (Fsp3) is 0.154. The highest BCUT2D eigenvalue weighted by Gasteiger charge is 2.31. The Morgan fingerprint density at radius 3 is 2.49 bits per heavy atom. The van der Waals surface area contributed by atoms with E-state index < -0.39 is 12.5 Å². The van der Waals surface area contributed by atoms with Crippen molar-refractivity contribution in [3.63, 3.8) is 0 Å². The summed E-state index contributed by atoms with van der Waals surface area (Å²) in [5, 5.41) is 0.915. The van der Waals surface area contributed by atoms with Gasteiger partial charge in [-0.05, 0) is 54.1 Å². The molecular weight excluding hydrogens is 459 g/mol. The molecule has 6 rings (SSSR count). The minimum atomic E-state index is -4.74. The lowest BCUT2D eigenvalue weighted by Gasteiger charge is -2.26. The van der Waals surface area contributed by atoms with E-state index in [0.29, 0.717) is 23.9 Å². The molecule has 2 aromatic heterocycles. The second kappa shape index (κ2) is 8.19. The van der Waals surface area contributed by atoms with E-state index in [4.69, 9.17) is 14.5 Å². The maximum atomic E-state index is 12.6. The van der Waals surface area contributed by atoms with E-state index in [2.05, 4.69) is 9.72 Å². The third-order valence-corrected chi connectivity index (χ3v) is 5.81. The number of nitrogens with zero attached hydrogens (tertiary/aromatic N) is 3. The number of aromatic nitrogens is 3. The van der Waals surface area contributed by atoms with Crippen molar-refractivity contribution in [1.29, 1.82) is 0 Å². The van der Waals surface area contributed by atoms with E-state index in [1.165, 1.54) is 12.1 Å². The van der Waals surface area contributed by atoms with Gasteiger partial charge in [-0.25, -0.2) is 4.98 Å². The van der Waals surface area contributed by atoms with Crippen molar-refractivity contribution >= 4 is 21.9 Å². The van der Waals surface area contributed by atoms with Crippen LogP contribution < -0.4 is 14.2 Å². The number of halogens is 3. The van der Waals surface area contributed by atoms with Gasteiger partial charge in [0.25, 0.3) is 0 Å². The van der Waals surface area contributed by atoms with Gasteiger partial charge in [-0.15, -0.1) is 13.2 Å². The standard InChI is InChI=1S/C26H18F3N3O3/c27-26(28,29)35-17-9-7-16(8-10-17)14-32-24-18-4-3-13-30-19(18)11-12-20(24)31-25(32)23-15-33-21-5-1-2-6-22(21)34-23/h1-13,23H,14-15H2. The van der Waals surface area contributed by atoms with E-state index in [1.54, 1.807) is 18.3 Å². The summed E-state index contributed by atoms with van der Waals surface area (Å²) < 4.78 is 55.9. The van der Waals surface area contributed by atoms with Crippen molar-refractivity contribution in [2.75, 3.05) is 6.61 Å². The average molecular weight is 477 g/mol. The van der Waals surface area contributed by atoms with Crippen LogP contribution in [0.15, 0.2) is 79.0 Å². The van der Waals surface area contributed by atoms with Gasteiger partial charge in [0, 0.05) is 18.1 Å². The molecule has 0 aliphatic carbocycles. The molecule has 9 heteroatoms. The van der Waals surface area contributed by atoms with E-state index in [9.17, 15) is 13.2 Å². The third-order valence-electron chi connectivity index (χ3n) is 5.81. The molecule has 6 nitrogen and oxygen atoms in total. The monoisotopic (exact) mass is 477 g/mol. The molecule has 0 radical (unpaired) electrons. The van der Waals surface area contributed by atoms with Crippen LogP contribution in [0.5, 0.6) is 17.2 Å². The molecule has 0 amide bonds. The molecule has 3 heterocycles. The fourth-order valence-electron chi connectivity index (χ4n) is 4.33. The number of ether oxygens (including phenoxy) is 3. The van der Waals surface area contributed by atoms with Crippen LogP contribution in [0.3, 0.4) is 0 Å². The topological polar surface area (TPSA) is 58.4 Å². The second-order valence-electron chi connectivity index (χ2n) is 8.12. The first kappa shape index (κ1) is 21.3. The minimum Gasteiger partial charge on any atom is -0.485 e. The van der Waals surface area contributed by atoms with Gasteiger partial charge in [0.05, 0.1) is 16.6 Å². The van der Waals surface area contributed by atoms with Crippen molar-refractivity contribution in [2.24, 2.45) is 0 Å². The molecule has 5 aromatic rings. The number of fused-ring (bicyclic) bond motifs is 4. The molecule has 0 saturated heterocycles. The van der Waals surface area contributed by atoms with Crippen molar-refractivity contribution in [3.05, 3.63) is 90.4 Å². The van der Waals surface area contributed by atoms with Crippen LogP contribution >= 0.6 is 0 Å². The van der Waals surface area contributed by atoms with Gasteiger partial charge in [0.2, 0.25) is 0 Å². The first-order valence-corrected chi connectivity index (χ1v) is 10.9. The first-order valence-electron chi connectivity index (χ1n) is 10.9. The number of rotatable bonds is 4. The summed E-state index contributed by atoms with van der Waals surface area (Å²) in [5.74, 6) is 1.68. The molecule has 0 saturated carbocycles. The summed E-state index contributed by atoms with van der Waals surface area (Å²) in [6.45, 7) is 0.628. The number of hydrogen-bond donors (Lipinski definition) is 0. The van der Waals surface area contributed by atoms with E-state index in [-0.39, 0.29) is 12.4 Å². The number of benzene rings is 3. The number of alkyl halides is 3. The molecule has 1 aliphatic rings. The van der Waals surface area contributed by atoms with E-state index in [0.717, 1.165) is 27.5 Å². The van der Waals surface area contributed by atoms with Crippen LogP contribution in [-0.4, -0.2) is 27.5 Å². The Morgan fingerprint density at radius 2 is 1.69 bits per heavy atom. The normalized spacial score (nSPS) is 15.5. The Bertz CT molecular complexity index is 1530. The third kappa shape index (κ3) is 4.09. The molecule has 1 aliphatic heterocycles. The molecule has 0 N–H and O–H groups in total. The highest BCUT2D eigenvalue weighted by molar-refractivity contribution is 6.03. The van der Waals surface area contributed by atoms with Gasteiger partial charge >= 0.3 is 6.36 Å². The van der Waals surface area contributed by atoms with Gasteiger partial charge in [-0.2, -0.15) is 0 Å². The van der Waals surface area contributed by atoms with Crippen LogP contribution in [0.1, 0.15) is 17.5 Å². The highest BCUT2D eigenvalue weighted by atomic mass is 19.4. The quantitative estimate of drug-likeness (QED) is 0.316. The molecule has 1 atom stereocenters. The van der Waals surface area contributed by atoms with Crippen LogP contribution in [0, 0.1) is 0 Å². The Hall–Kier alpha value is -4.27. The minimum absolute atomic E-state index is 0.271. The maximum absolute atomic E-state index is 12.6. The molecule has 1 unspecified atom stereocenters. The zero-order valence-corrected chi connectivity index (χ0v) is 18.2. The average Bonchev–Trinajstić information content (AvgIpc) is 3.23. The largest absolute Gasteiger partial charge is 0.573 e. The lowest BCUT2D eigenvalue weighted by atomic mass is 10.1. The van der Waals surface area contributed by atoms with Gasteiger partial charge in [-0.3, -0.25) is 4.98 Å². The van der Waals surface area contributed by atoms with Crippen LogP contribution in [0.2, 0.25) is 0 Å². The lowest BCUT2D eigenvalue weighted by Crippen LogP contribution is -2.25. The van der Waals surface area contributed by atoms with Crippen molar-refractivity contribution in [2.45, 2.75) is 19.0 Å². The summed E-state index contributed by atoms with van der Waals surface area (Å²) in [4.78, 5) is 9.33. The lowest BCUT2D eigenvalue weighted by molar-refractivity contribution is -0.274. The second-order valence-corrected chi connectivity index (χ2v) is 8.12. The van der Waals surface area contributed by atoms with E-state index in [1.807, 2.05) is 53.1 Å². The summed E-state index contributed by atoms with van der Waals surface area (Å²) in [5.41, 5.74) is 3.22. The summed E-state index contributed by atoms with van der Waals surface area (Å²) in [6.07, 6.45) is -3.49. The zero-order chi connectivity index (χ0) is 24.0. The van der Waals surface area contributed by atoms with Crippen molar-refractivity contribution in [3.8, 4) is 17.2 Å². The highest BCUT2D eigenvalue weighted by Crippen LogP contribution is 2.37. The number of hydrogen-bond acceptors (Lipinski definition) is 5. The molecule has 176 valence electrons. The zero-order valence-electron chi connectivity index (χ0n) is 18.2. The summed E-state index contributed by atoms with van der Waals surface area (Å²) in [7, 11) is 0. The number of para-hydroxylation sites is 2. The Balaban J connectivity index is 1.44. The predicted octanol–water partition coefficient (Wildman–Crippen LogP) is 6.04. The van der Waals surface area contributed by atoms with Crippen LogP contribution in [0.4, 0.5) is 13.2 Å². The SMILES string of the molecule is FC(F)(F)Oc1ccc(Cn2c(C3COc4ccccc4O3)nc3ccc4ncccc4c32)cc1. The summed E-state index contributed by atoms with van der Waals surface area (Å²) >= 11 is 0. The van der Waals surface area contributed by atoms with Gasteiger partial charge in [-0.1, -0.05) is 24.3 Å². The number of pyridine rings is 1. The van der Waals surface area contributed by atoms with E-state index >= 15 is 0 Å². The molecule has 35 heavy (non-hydrogen) atoms. The molecule has 0 bridgehead atoms. The smallest absolute Gasteiger partial charge is 0.485 e. The molecule has 0 fully saturated rings. The number of imidazole rings is 1. The Morgan fingerprint density at radius 1 is 0.914 bits per heavy atom. The fourth-order valence-corrected chi connectivity index (χ4v) is 4.33. The van der Waals surface area contributed by atoms with Crippen molar-refractivity contribution in [1.82, 2.24) is 14.5 Å². The van der Waals surface area contributed by atoms with Crippen LogP contribution in [-0.2, 0) is 6.54 Å².